The van der Waals surface area contributed by atoms with Gasteiger partial charge in [0.2, 0.25) is 0 Å². The average molecular weight is 417 g/mol. The molecule has 0 saturated carbocycles. The molecule has 8 nitrogen and oxygen atoms in total. The smallest absolute Gasteiger partial charge is 0.343 e. The Balaban J connectivity index is 2.40. The Bertz CT molecular complexity index is 980. The Labute approximate surface area is 172 Å². The van der Waals surface area contributed by atoms with Crippen molar-refractivity contribution < 1.29 is 23.9 Å². The molecule has 0 radical (unpaired) electrons. The average Bonchev–Trinajstić information content (AvgIpc) is 2.71. The summed E-state index contributed by atoms with van der Waals surface area (Å²) in [6.45, 7) is 1.77. The molecular formula is C20H17ClN2O6. The summed E-state index contributed by atoms with van der Waals surface area (Å²) >= 11 is 6.28. The highest BCUT2D eigenvalue weighted by Gasteiger charge is 2.15. The van der Waals surface area contributed by atoms with Crippen LogP contribution in [0.4, 0.5) is 5.69 Å². The number of nitriles is 1. The van der Waals surface area contributed by atoms with Gasteiger partial charge in [0.15, 0.2) is 18.1 Å². The van der Waals surface area contributed by atoms with Crippen LogP contribution in [0.2, 0.25) is 5.02 Å². The van der Waals surface area contributed by atoms with Gasteiger partial charge in [-0.1, -0.05) is 11.6 Å². The normalized spacial score (nSPS) is 10.8. The lowest BCUT2D eigenvalue weighted by Gasteiger charge is -2.14. The number of benzene rings is 2. The number of halogens is 1. The van der Waals surface area contributed by atoms with E-state index < -0.39 is 10.9 Å². The van der Waals surface area contributed by atoms with Gasteiger partial charge in [-0.3, -0.25) is 10.1 Å². The summed E-state index contributed by atoms with van der Waals surface area (Å²) in [5.74, 6) is -0.0847. The summed E-state index contributed by atoms with van der Waals surface area (Å²) in [7, 11) is 1.24. The summed E-state index contributed by atoms with van der Waals surface area (Å²) < 4.78 is 15.5. The number of nitro groups is 1. The van der Waals surface area contributed by atoms with E-state index in [-0.39, 0.29) is 28.6 Å². The Hall–Kier alpha value is -3.57. The van der Waals surface area contributed by atoms with Gasteiger partial charge in [0.25, 0.3) is 5.69 Å². The van der Waals surface area contributed by atoms with Gasteiger partial charge in [0.1, 0.15) is 0 Å². The Morgan fingerprint density at radius 2 is 1.97 bits per heavy atom. The highest BCUT2D eigenvalue weighted by atomic mass is 35.5. The first-order chi connectivity index (χ1) is 13.9. The van der Waals surface area contributed by atoms with Gasteiger partial charge in [0, 0.05) is 12.1 Å². The Morgan fingerprint density at radius 3 is 2.52 bits per heavy atom. The number of non-ortho nitro benzene ring substituents is 1. The summed E-state index contributed by atoms with van der Waals surface area (Å²) in [5, 5.41) is 20.5. The topological polar surface area (TPSA) is 112 Å². The third-order valence-corrected chi connectivity index (χ3v) is 4.00. The zero-order chi connectivity index (χ0) is 21.4. The van der Waals surface area contributed by atoms with Crippen LogP contribution >= 0.6 is 11.6 Å². The van der Waals surface area contributed by atoms with Crippen molar-refractivity contribution in [3.63, 3.8) is 0 Å². The van der Waals surface area contributed by atoms with Crippen LogP contribution in [-0.4, -0.2) is 31.2 Å². The van der Waals surface area contributed by atoms with Crippen LogP contribution in [0.5, 0.6) is 11.5 Å². The number of rotatable bonds is 8. The molecule has 150 valence electrons. The van der Waals surface area contributed by atoms with E-state index in [0.29, 0.717) is 23.5 Å². The van der Waals surface area contributed by atoms with Gasteiger partial charge in [-0.2, -0.15) is 5.26 Å². The quantitative estimate of drug-likeness (QED) is 0.208. The van der Waals surface area contributed by atoms with Crippen LogP contribution in [0.3, 0.4) is 0 Å². The van der Waals surface area contributed by atoms with Crippen LogP contribution in [0.1, 0.15) is 18.1 Å². The Morgan fingerprint density at radius 1 is 1.28 bits per heavy atom. The second kappa shape index (κ2) is 10.1. The molecule has 0 amide bonds. The van der Waals surface area contributed by atoms with E-state index in [2.05, 4.69) is 10.8 Å². The van der Waals surface area contributed by atoms with Crippen LogP contribution in [0, 0.1) is 21.4 Å². The van der Waals surface area contributed by atoms with Crippen LogP contribution < -0.4 is 9.47 Å². The number of esters is 1. The van der Waals surface area contributed by atoms with Crippen molar-refractivity contribution in [2.45, 2.75) is 6.92 Å². The maximum atomic E-state index is 11.3. The van der Waals surface area contributed by atoms with Gasteiger partial charge >= 0.3 is 5.97 Å². The van der Waals surface area contributed by atoms with Crippen molar-refractivity contribution >= 4 is 34.9 Å². The van der Waals surface area contributed by atoms with Crippen molar-refractivity contribution in [2.75, 3.05) is 20.3 Å². The van der Waals surface area contributed by atoms with Crippen molar-refractivity contribution in [1.82, 2.24) is 0 Å². The Kier molecular flexibility index (Phi) is 7.57. The van der Waals surface area contributed by atoms with Crippen molar-refractivity contribution in [3.8, 4) is 17.6 Å². The molecule has 0 bridgehead atoms. The van der Waals surface area contributed by atoms with E-state index in [0.717, 1.165) is 0 Å². The predicted octanol–water partition coefficient (Wildman–Crippen LogP) is 4.26. The zero-order valence-corrected chi connectivity index (χ0v) is 16.4. The van der Waals surface area contributed by atoms with E-state index in [1.807, 2.05) is 0 Å². The number of nitrogens with zero attached hydrogens (tertiary/aromatic N) is 2. The molecule has 29 heavy (non-hydrogen) atoms. The summed E-state index contributed by atoms with van der Waals surface area (Å²) in [5.41, 5.74) is 1.28. The molecule has 9 heteroatoms. The van der Waals surface area contributed by atoms with E-state index in [9.17, 15) is 20.2 Å². The standard InChI is InChI=1S/C20H17ClN2O6/c1-3-28-18-10-13(9-17(21)20(18)29-12-19(24)27-2)8-15(11-22)14-4-6-16(7-5-14)23(25)26/h4-10H,3,12H2,1-2H3/b15-8+. The third kappa shape index (κ3) is 5.70. The molecule has 0 N–H and O–H groups in total. The van der Waals surface area contributed by atoms with E-state index in [1.54, 1.807) is 25.1 Å². The molecule has 0 aromatic heterocycles. The number of carbonyl (C=O) groups is 1. The highest BCUT2D eigenvalue weighted by molar-refractivity contribution is 6.32. The fraction of sp³-hybridized carbons (Fsp3) is 0.200. The number of hydrogen-bond donors (Lipinski definition) is 0. The van der Waals surface area contributed by atoms with Gasteiger partial charge < -0.3 is 14.2 Å². The minimum atomic E-state index is -0.572. The van der Waals surface area contributed by atoms with Crippen LogP contribution in [-0.2, 0) is 9.53 Å². The highest BCUT2D eigenvalue weighted by Crippen LogP contribution is 2.37. The lowest BCUT2D eigenvalue weighted by molar-refractivity contribution is -0.384. The molecule has 2 rings (SSSR count). The minimum absolute atomic E-state index is 0.0696. The monoisotopic (exact) mass is 416 g/mol. The number of nitro benzene ring substituents is 1. The molecule has 0 heterocycles. The van der Waals surface area contributed by atoms with Crippen molar-refractivity contribution in [1.29, 1.82) is 5.26 Å². The molecule has 0 fully saturated rings. The summed E-state index contributed by atoms with van der Waals surface area (Å²) in [6.07, 6.45) is 1.57. The maximum Gasteiger partial charge on any atom is 0.343 e. The first-order valence-corrected chi connectivity index (χ1v) is 8.80. The lowest BCUT2D eigenvalue weighted by Crippen LogP contribution is -2.13. The lowest BCUT2D eigenvalue weighted by atomic mass is 10.0. The summed E-state index contributed by atoms with van der Waals surface area (Å²) in [4.78, 5) is 21.6. The molecule has 0 aliphatic heterocycles. The second-order valence-electron chi connectivity index (χ2n) is 5.60. The van der Waals surface area contributed by atoms with Gasteiger partial charge in [-0.25, -0.2) is 4.79 Å². The molecule has 2 aromatic carbocycles. The molecule has 0 aliphatic carbocycles. The third-order valence-electron chi connectivity index (χ3n) is 3.71. The minimum Gasteiger partial charge on any atom is -0.490 e. The molecule has 0 spiro atoms. The van der Waals surface area contributed by atoms with Gasteiger partial charge in [0.05, 0.1) is 35.3 Å². The van der Waals surface area contributed by atoms with E-state index >= 15 is 0 Å². The predicted molar refractivity (Wildman–Crippen MR) is 107 cm³/mol. The molecule has 0 aliphatic rings. The molecule has 0 saturated heterocycles. The molecule has 0 atom stereocenters. The maximum absolute atomic E-state index is 11.3. The number of carbonyl (C=O) groups excluding carboxylic acids is 1. The SMILES string of the molecule is CCOc1cc(/C=C(\C#N)c2ccc([N+](=O)[O-])cc2)cc(Cl)c1OCC(=O)OC. The number of ether oxygens (including phenoxy) is 3. The fourth-order valence-corrected chi connectivity index (χ4v) is 2.65. The first kappa shape index (κ1) is 21.7. The number of hydrogen-bond acceptors (Lipinski definition) is 7. The van der Waals surface area contributed by atoms with Crippen LogP contribution in [0.25, 0.3) is 11.6 Å². The van der Waals surface area contributed by atoms with E-state index in [1.165, 1.54) is 31.4 Å². The first-order valence-electron chi connectivity index (χ1n) is 8.42. The second-order valence-corrected chi connectivity index (χ2v) is 6.01. The fourth-order valence-electron chi connectivity index (χ4n) is 2.37. The molecule has 2 aromatic rings. The van der Waals surface area contributed by atoms with Gasteiger partial charge in [-0.15, -0.1) is 0 Å². The van der Waals surface area contributed by atoms with Crippen molar-refractivity contribution in [3.05, 3.63) is 62.7 Å². The van der Waals surface area contributed by atoms with Crippen LogP contribution in [0.15, 0.2) is 36.4 Å². The molecular weight excluding hydrogens is 400 g/mol. The zero-order valence-electron chi connectivity index (χ0n) is 15.7. The largest absolute Gasteiger partial charge is 0.490 e. The van der Waals surface area contributed by atoms with Gasteiger partial charge in [-0.05, 0) is 48.4 Å². The van der Waals surface area contributed by atoms with Crippen molar-refractivity contribution in [2.24, 2.45) is 0 Å². The van der Waals surface area contributed by atoms with E-state index in [4.69, 9.17) is 21.1 Å². The molecule has 0 unspecified atom stereocenters. The summed E-state index contributed by atoms with van der Waals surface area (Å²) in [6, 6.07) is 10.9. The number of allylic oxidation sites excluding steroid dienone is 1. The number of methoxy groups -OCH3 is 1.